The van der Waals surface area contributed by atoms with Crippen LogP contribution in [-0.4, -0.2) is 32.4 Å². The molecular weight excluding hydrogens is 322 g/mol. The third-order valence-electron chi connectivity index (χ3n) is 5.29. The summed E-state index contributed by atoms with van der Waals surface area (Å²) in [6, 6.07) is 13.4. The Hall–Kier alpha value is -2.10. The molecule has 3 rings (SSSR count). The number of hydrogen-bond donors (Lipinski definition) is 0. The standard InChI is InChI=1S/C23H29NO2/c1-5-17-12-13-22(26-16-25-4)20(15-17)19-10-7-9-18(6-2)23(19)21-11-8-14-24(21)3/h6-7,9-10,12-13,15,21H,2,5,8,11,14,16H2,1,3-4H3. The van der Waals surface area contributed by atoms with E-state index in [2.05, 4.69) is 61.8 Å². The maximum absolute atomic E-state index is 5.90. The molecule has 1 aliphatic rings. The van der Waals surface area contributed by atoms with Crippen LogP contribution in [0.5, 0.6) is 5.75 Å². The summed E-state index contributed by atoms with van der Waals surface area (Å²) < 4.78 is 11.0. The molecule has 0 spiro atoms. The van der Waals surface area contributed by atoms with E-state index in [-0.39, 0.29) is 6.79 Å². The van der Waals surface area contributed by atoms with E-state index >= 15 is 0 Å². The van der Waals surface area contributed by atoms with Gasteiger partial charge in [0.05, 0.1) is 0 Å². The number of nitrogens with zero attached hydrogens (tertiary/aromatic N) is 1. The lowest BCUT2D eigenvalue weighted by molar-refractivity contribution is 0.0515. The van der Waals surface area contributed by atoms with Crippen LogP contribution < -0.4 is 4.74 Å². The molecule has 0 radical (unpaired) electrons. The van der Waals surface area contributed by atoms with Crippen molar-refractivity contribution in [2.24, 2.45) is 0 Å². The molecule has 1 aliphatic heterocycles. The minimum atomic E-state index is 0.248. The Morgan fingerprint density at radius 3 is 2.73 bits per heavy atom. The summed E-state index contributed by atoms with van der Waals surface area (Å²) in [5.41, 5.74) is 6.25. The SMILES string of the molecule is C=Cc1cccc(-c2cc(CC)ccc2OCOC)c1C1CCCN1C. The monoisotopic (exact) mass is 351 g/mol. The number of methoxy groups -OCH3 is 1. The van der Waals surface area contributed by atoms with Crippen LogP contribution in [-0.2, 0) is 11.2 Å². The molecule has 1 fully saturated rings. The van der Waals surface area contributed by atoms with E-state index in [4.69, 9.17) is 9.47 Å². The molecule has 1 atom stereocenters. The minimum Gasteiger partial charge on any atom is -0.467 e. The highest BCUT2D eigenvalue weighted by atomic mass is 16.7. The van der Waals surface area contributed by atoms with Crippen LogP contribution in [0.1, 0.15) is 42.5 Å². The molecule has 0 amide bonds. The highest BCUT2D eigenvalue weighted by Gasteiger charge is 2.27. The van der Waals surface area contributed by atoms with Gasteiger partial charge in [-0.25, -0.2) is 0 Å². The normalized spacial score (nSPS) is 17.4. The van der Waals surface area contributed by atoms with E-state index < -0.39 is 0 Å². The fourth-order valence-corrected chi connectivity index (χ4v) is 3.90. The first-order valence-corrected chi connectivity index (χ1v) is 9.40. The molecule has 3 heteroatoms. The molecule has 0 aliphatic carbocycles. The van der Waals surface area contributed by atoms with Gasteiger partial charge < -0.3 is 9.47 Å². The Kier molecular flexibility index (Phi) is 6.12. The van der Waals surface area contributed by atoms with Crippen LogP contribution in [0.15, 0.2) is 43.0 Å². The van der Waals surface area contributed by atoms with Gasteiger partial charge in [-0.05, 0) is 67.2 Å². The van der Waals surface area contributed by atoms with E-state index in [1.165, 1.54) is 35.1 Å². The Morgan fingerprint density at radius 2 is 2.08 bits per heavy atom. The highest BCUT2D eigenvalue weighted by molar-refractivity contribution is 5.78. The molecule has 2 aromatic rings. The van der Waals surface area contributed by atoms with Crippen LogP contribution in [0.4, 0.5) is 0 Å². The number of rotatable bonds is 7. The Morgan fingerprint density at radius 1 is 1.23 bits per heavy atom. The molecule has 3 nitrogen and oxygen atoms in total. The van der Waals surface area contributed by atoms with Gasteiger partial charge in [0.2, 0.25) is 0 Å². The first kappa shape index (κ1) is 18.7. The van der Waals surface area contributed by atoms with Crippen LogP contribution >= 0.6 is 0 Å². The predicted octanol–water partition coefficient (Wildman–Crippen LogP) is 5.31. The average Bonchev–Trinajstić information content (AvgIpc) is 3.11. The van der Waals surface area contributed by atoms with Gasteiger partial charge in [-0.2, -0.15) is 0 Å². The van der Waals surface area contributed by atoms with Crippen molar-refractivity contribution in [2.75, 3.05) is 27.5 Å². The molecular formula is C23H29NO2. The van der Waals surface area contributed by atoms with Gasteiger partial charge >= 0.3 is 0 Å². The fourth-order valence-electron chi connectivity index (χ4n) is 3.90. The summed E-state index contributed by atoms with van der Waals surface area (Å²) in [5.74, 6) is 0.868. The number of aryl methyl sites for hydroxylation is 1. The van der Waals surface area contributed by atoms with Crippen LogP contribution in [0.2, 0.25) is 0 Å². The third-order valence-corrected chi connectivity index (χ3v) is 5.29. The Bertz CT molecular complexity index is 769. The summed E-state index contributed by atoms with van der Waals surface area (Å²) in [6.45, 7) is 7.62. The van der Waals surface area contributed by atoms with Crippen molar-refractivity contribution in [1.82, 2.24) is 4.90 Å². The third kappa shape index (κ3) is 3.69. The summed E-state index contributed by atoms with van der Waals surface area (Å²) in [7, 11) is 3.86. The molecule has 2 aromatic carbocycles. The van der Waals surface area contributed by atoms with E-state index in [0.29, 0.717) is 6.04 Å². The first-order valence-electron chi connectivity index (χ1n) is 9.40. The van der Waals surface area contributed by atoms with E-state index in [0.717, 1.165) is 24.3 Å². The minimum absolute atomic E-state index is 0.248. The zero-order valence-corrected chi connectivity index (χ0v) is 16.1. The second-order valence-corrected chi connectivity index (χ2v) is 6.89. The Balaban J connectivity index is 2.18. The van der Waals surface area contributed by atoms with Crippen molar-refractivity contribution in [3.63, 3.8) is 0 Å². The van der Waals surface area contributed by atoms with Crippen molar-refractivity contribution < 1.29 is 9.47 Å². The number of ether oxygens (including phenoxy) is 2. The summed E-state index contributed by atoms with van der Waals surface area (Å²) >= 11 is 0. The van der Waals surface area contributed by atoms with Crippen molar-refractivity contribution in [2.45, 2.75) is 32.2 Å². The molecule has 26 heavy (non-hydrogen) atoms. The molecule has 1 unspecified atom stereocenters. The molecule has 0 bridgehead atoms. The van der Waals surface area contributed by atoms with Gasteiger partial charge in [-0.1, -0.05) is 43.8 Å². The van der Waals surface area contributed by atoms with Crippen LogP contribution in [0, 0.1) is 0 Å². The second kappa shape index (κ2) is 8.52. The maximum Gasteiger partial charge on any atom is 0.188 e. The topological polar surface area (TPSA) is 21.7 Å². The molecule has 0 aromatic heterocycles. The zero-order valence-electron chi connectivity index (χ0n) is 16.1. The van der Waals surface area contributed by atoms with Gasteiger partial charge in [0.1, 0.15) is 5.75 Å². The lowest BCUT2D eigenvalue weighted by Gasteiger charge is -2.26. The summed E-state index contributed by atoms with van der Waals surface area (Å²) in [5, 5.41) is 0. The molecule has 1 heterocycles. The number of benzene rings is 2. The zero-order chi connectivity index (χ0) is 18.5. The summed E-state index contributed by atoms with van der Waals surface area (Å²) in [6.07, 6.45) is 5.38. The summed E-state index contributed by atoms with van der Waals surface area (Å²) in [4.78, 5) is 2.45. The van der Waals surface area contributed by atoms with Crippen molar-refractivity contribution in [1.29, 1.82) is 0 Å². The first-order chi connectivity index (χ1) is 12.7. The van der Waals surface area contributed by atoms with Crippen LogP contribution in [0.25, 0.3) is 17.2 Å². The number of likely N-dealkylation sites (tertiary alicyclic amines) is 1. The van der Waals surface area contributed by atoms with E-state index in [1.54, 1.807) is 7.11 Å². The van der Waals surface area contributed by atoms with Crippen molar-refractivity contribution >= 4 is 6.08 Å². The van der Waals surface area contributed by atoms with Gasteiger partial charge in [0.25, 0.3) is 0 Å². The van der Waals surface area contributed by atoms with Crippen LogP contribution in [0.3, 0.4) is 0 Å². The maximum atomic E-state index is 5.90. The molecule has 138 valence electrons. The van der Waals surface area contributed by atoms with Crippen molar-refractivity contribution in [3.8, 4) is 16.9 Å². The lowest BCUT2D eigenvalue weighted by atomic mass is 9.88. The Labute approximate surface area is 157 Å². The fraction of sp³-hybridized carbons (Fsp3) is 0.391. The predicted molar refractivity (Wildman–Crippen MR) is 108 cm³/mol. The lowest BCUT2D eigenvalue weighted by Crippen LogP contribution is -2.19. The molecule has 0 saturated carbocycles. The van der Waals surface area contributed by atoms with Crippen molar-refractivity contribution in [3.05, 3.63) is 59.7 Å². The molecule has 1 saturated heterocycles. The van der Waals surface area contributed by atoms with E-state index in [1.807, 2.05) is 6.08 Å². The average molecular weight is 351 g/mol. The van der Waals surface area contributed by atoms with Gasteiger partial charge in [0, 0.05) is 18.7 Å². The quantitative estimate of drug-likeness (QED) is 0.631. The van der Waals surface area contributed by atoms with E-state index in [9.17, 15) is 0 Å². The molecule has 0 N–H and O–H groups in total. The number of hydrogen-bond acceptors (Lipinski definition) is 3. The second-order valence-electron chi connectivity index (χ2n) is 6.89. The highest BCUT2D eigenvalue weighted by Crippen LogP contribution is 2.42. The van der Waals surface area contributed by atoms with Gasteiger partial charge in [0.15, 0.2) is 6.79 Å². The van der Waals surface area contributed by atoms with Gasteiger partial charge in [-0.3, -0.25) is 4.90 Å². The van der Waals surface area contributed by atoms with Gasteiger partial charge in [-0.15, -0.1) is 0 Å². The smallest absolute Gasteiger partial charge is 0.188 e. The largest absolute Gasteiger partial charge is 0.467 e.